The van der Waals surface area contributed by atoms with Crippen LogP contribution in [0, 0.1) is 11.8 Å². The second kappa shape index (κ2) is 5.72. The summed E-state index contributed by atoms with van der Waals surface area (Å²) in [6.07, 6.45) is 2.93. The van der Waals surface area contributed by atoms with Gasteiger partial charge in [0, 0.05) is 19.2 Å². The molecule has 1 rings (SSSR count). The first-order valence-corrected chi connectivity index (χ1v) is 6.00. The highest BCUT2D eigenvalue weighted by Crippen LogP contribution is 2.20. The summed E-state index contributed by atoms with van der Waals surface area (Å²) in [5.74, 6) is 1.49. The summed E-state index contributed by atoms with van der Waals surface area (Å²) in [7, 11) is 0. The van der Waals surface area contributed by atoms with Crippen molar-refractivity contribution in [2.24, 2.45) is 11.8 Å². The van der Waals surface area contributed by atoms with Crippen LogP contribution in [-0.4, -0.2) is 25.3 Å². The highest BCUT2D eigenvalue weighted by atomic mass is 16.5. The molecule has 14 heavy (non-hydrogen) atoms. The molecule has 84 valence electrons. The minimum absolute atomic E-state index is 0.451. The number of hydrogen-bond acceptors (Lipinski definition) is 2. The van der Waals surface area contributed by atoms with Crippen LogP contribution in [0.15, 0.2) is 0 Å². The van der Waals surface area contributed by atoms with Gasteiger partial charge in [-0.25, -0.2) is 0 Å². The predicted molar refractivity (Wildman–Crippen MR) is 60.4 cm³/mol. The summed E-state index contributed by atoms with van der Waals surface area (Å²) >= 11 is 0. The first kappa shape index (κ1) is 12.0. The van der Waals surface area contributed by atoms with E-state index in [1.807, 2.05) is 0 Å². The van der Waals surface area contributed by atoms with Crippen molar-refractivity contribution < 1.29 is 4.74 Å². The maximum atomic E-state index is 5.54. The van der Waals surface area contributed by atoms with Crippen molar-refractivity contribution in [2.75, 3.05) is 13.2 Å². The molecule has 1 fully saturated rings. The van der Waals surface area contributed by atoms with Gasteiger partial charge >= 0.3 is 0 Å². The molecule has 4 atom stereocenters. The van der Waals surface area contributed by atoms with Crippen molar-refractivity contribution in [3.8, 4) is 0 Å². The van der Waals surface area contributed by atoms with E-state index in [-0.39, 0.29) is 0 Å². The fourth-order valence-corrected chi connectivity index (χ4v) is 1.94. The van der Waals surface area contributed by atoms with Gasteiger partial charge in [-0.05, 0) is 32.1 Å². The Morgan fingerprint density at radius 3 is 2.64 bits per heavy atom. The molecule has 4 unspecified atom stereocenters. The molecule has 1 aliphatic heterocycles. The minimum Gasteiger partial charge on any atom is -0.378 e. The van der Waals surface area contributed by atoms with Crippen LogP contribution in [0.25, 0.3) is 0 Å². The quantitative estimate of drug-likeness (QED) is 0.734. The van der Waals surface area contributed by atoms with E-state index < -0.39 is 0 Å². The van der Waals surface area contributed by atoms with Crippen LogP contribution in [0.1, 0.15) is 40.5 Å². The maximum absolute atomic E-state index is 5.54. The highest BCUT2D eigenvalue weighted by molar-refractivity contribution is 4.77. The number of ether oxygens (including phenoxy) is 1. The largest absolute Gasteiger partial charge is 0.378 e. The average Bonchev–Trinajstić information content (AvgIpc) is 2.59. The van der Waals surface area contributed by atoms with E-state index >= 15 is 0 Å². The van der Waals surface area contributed by atoms with E-state index in [2.05, 4.69) is 33.0 Å². The fraction of sp³-hybridized carbons (Fsp3) is 1.00. The summed E-state index contributed by atoms with van der Waals surface area (Å²) in [4.78, 5) is 0. The molecule has 1 N–H and O–H groups in total. The molecule has 1 aliphatic rings. The average molecular weight is 199 g/mol. The molecule has 2 heteroatoms. The van der Waals surface area contributed by atoms with E-state index in [9.17, 15) is 0 Å². The Balaban J connectivity index is 2.19. The third-order valence-electron chi connectivity index (χ3n) is 3.73. The van der Waals surface area contributed by atoms with Gasteiger partial charge in [-0.1, -0.05) is 20.3 Å². The molecule has 0 aromatic heterocycles. The van der Waals surface area contributed by atoms with Gasteiger partial charge in [-0.15, -0.1) is 0 Å². The first-order chi connectivity index (χ1) is 6.65. The third-order valence-corrected chi connectivity index (χ3v) is 3.73. The molecule has 0 aromatic rings. The number of nitrogens with one attached hydrogen (secondary N) is 1. The van der Waals surface area contributed by atoms with Gasteiger partial charge in [0.1, 0.15) is 0 Å². The third kappa shape index (κ3) is 3.25. The summed E-state index contributed by atoms with van der Waals surface area (Å²) in [5, 5.41) is 3.63. The van der Waals surface area contributed by atoms with Crippen molar-refractivity contribution >= 4 is 0 Å². The van der Waals surface area contributed by atoms with Gasteiger partial charge in [-0.2, -0.15) is 0 Å². The minimum atomic E-state index is 0.451. The van der Waals surface area contributed by atoms with Gasteiger partial charge in [-0.3, -0.25) is 0 Å². The summed E-state index contributed by atoms with van der Waals surface area (Å²) in [6.45, 7) is 11.1. The molecule has 0 bridgehead atoms. The second-order valence-corrected chi connectivity index (χ2v) is 4.71. The molecule has 0 saturated carbocycles. The molecule has 0 amide bonds. The van der Waals surface area contributed by atoms with Crippen LogP contribution in [0.2, 0.25) is 0 Å². The van der Waals surface area contributed by atoms with Crippen LogP contribution in [0.3, 0.4) is 0 Å². The van der Waals surface area contributed by atoms with Crippen LogP contribution in [0.4, 0.5) is 0 Å². The van der Waals surface area contributed by atoms with Crippen LogP contribution in [-0.2, 0) is 4.74 Å². The number of hydrogen-bond donors (Lipinski definition) is 1. The Morgan fingerprint density at radius 1 is 1.43 bits per heavy atom. The lowest BCUT2D eigenvalue weighted by Gasteiger charge is -2.23. The standard InChI is InChI=1S/C12H25NO/c1-5-9(2)10(3)13-8-12-6-7-14-11(12)4/h9-13H,5-8H2,1-4H3. The van der Waals surface area contributed by atoms with Crippen molar-refractivity contribution in [3.05, 3.63) is 0 Å². The summed E-state index contributed by atoms with van der Waals surface area (Å²) in [6, 6.07) is 0.632. The van der Waals surface area contributed by atoms with Gasteiger partial charge < -0.3 is 10.1 Å². The molecule has 0 aliphatic carbocycles. The van der Waals surface area contributed by atoms with Crippen LogP contribution >= 0.6 is 0 Å². The van der Waals surface area contributed by atoms with Gasteiger partial charge in [0.2, 0.25) is 0 Å². The van der Waals surface area contributed by atoms with Gasteiger partial charge in [0.05, 0.1) is 6.10 Å². The first-order valence-electron chi connectivity index (χ1n) is 6.00. The van der Waals surface area contributed by atoms with E-state index in [0.29, 0.717) is 12.1 Å². The summed E-state index contributed by atoms with van der Waals surface area (Å²) < 4.78 is 5.54. The molecule has 0 aromatic carbocycles. The lowest BCUT2D eigenvalue weighted by molar-refractivity contribution is 0.104. The van der Waals surface area contributed by atoms with Gasteiger partial charge in [0.25, 0.3) is 0 Å². The van der Waals surface area contributed by atoms with Crippen LogP contribution < -0.4 is 5.32 Å². The van der Waals surface area contributed by atoms with Crippen LogP contribution in [0.5, 0.6) is 0 Å². The fourth-order valence-electron chi connectivity index (χ4n) is 1.94. The molecular weight excluding hydrogens is 174 g/mol. The summed E-state index contributed by atoms with van der Waals surface area (Å²) in [5.41, 5.74) is 0. The Morgan fingerprint density at radius 2 is 2.14 bits per heavy atom. The zero-order valence-corrected chi connectivity index (χ0v) is 10.0. The molecule has 0 spiro atoms. The van der Waals surface area contributed by atoms with Crippen molar-refractivity contribution in [2.45, 2.75) is 52.7 Å². The topological polar surface area (TPSA) is 21.3 Å². The zero-order valence-electron chi connectivity index (χ0n) is 10.0. The lowest BCUT2D eigenvalue weighted by atomic mass is 9.98. The van der Waals surface area contributed by atoms with E-state index in [1.54, 1.807) is 0 Å². The lowest BCUT2D eigenvalue weighted by Crippen LogP contribution is -2.37. The number of rotatable bonds is 5. The molecule has 2 nitrogen and oxygen atoms in total. The normalized spacial score (nSPS) is 31.7. The Bertz CT molecular complexity index is 160. The maximum Gasteiger partial charge on any atom is 0.0588 e. The highest BCUT2D eigenvalue weighted by Gasteiger charge is 2.24. The Labute approximate surface area is 88.4 Å². The van der Waals surface area contributed by atoms with E-state index in [1.165, 1.54) is 12.8 Å². The molecular formula is C12H25NO. The van der Waals surface area contributed by atoms with Crippen molar-refractivity contribution in [1.29, 1.82) is 0 Å². The van der Waals surface area contributed by atoms with Crippen molar-refractivity contribution in [1.82, 2.24) is 5.32 Å². The zero-order chi connectivity index (χ0) is 10.6. The van der Waals surface area contributed by atoms with Crippen molar-refractivity contribution in [3.63, 3.8) is 0 Å². The molecule has 1 saturated heterocycles. The molecule has 1 heterocycles. The smallest absolute Gasteiger partial charge is 0.0588 e. The molecule has 0 radical (unpaired) electrons. The van der Waals surface area contributed by atoms with Gasteiger partial charge in [0.15, 0.2) is 0 Å². The van der Waals surface area contributed by atoms with E-state index in [0.717, 1.165) is 25.0 Å². The second-order valence-electron chi connectivity index (χ2n) is 4.71. The predicted octanol–water partition coefficient (Wildman–Crippen LogP) is 2.44. The monoisotopic (exact) mass is 199 g/mol. The van der Waals surface area contributed by atoms with E-state index in [4.69, 9.17) is 4.74 Å². The Kier molecular flexibility index (Phi) is 4.90. The SMILES string of the molecule is CCC(C)C(C)NCC1CCOC1C. The Hall–Kier alpha value is -0.0800.